The van der Waals surface area contributed by atoms with Crippen LogP contribution in [0.2, 0.25) is 0 Å². The maximum Gasteiger partial charge on any atom is 0.257 e. The fourth-order valence-electron chi connectivity index (χ4n) is 1.38. The average Bonchev–Trinajstić information content (AvgIpc) is 2.32. The topological polar surface area (TPSA) is 58.6 Å². The fraction of sp³-hybridized carbons (Fsp3) is 0.500. The first-order chi connectivity index (χ1) is 8.79. The lowest BCUT2D eigenvalue weighted by atomic mass is 10.1. The number of alkyl halides is 1. The Hall–Kier alpha value is -1.62. The van der Waals surface area contributed by atoms with E-state index in [9.17, 15) is 14.3 Å². The molecule has 0 saturated carbocycles. The van der Waals surface area contributed by atoms with E-state index in [2.05, 4.69) is 5.32 Å². The molecule has 4 nitrogen and oxygen atoms in total. The number of nitrogens with one attached hydrogen (secondary N) is 1. The Labute approximate surface area is 112 Å². The van der Waals surface area contributed by atoms with Crippen LogP contribution in [0.3, 0.4) is 0 Å². The summed E-state index contributed by atoms with van der Waals surface area (Å²) in [5.41, 5.74) is -0.892. The zero-order valence-electron chi connectivity index (χ0n) is 11.4. The van der Waals surface area contributed by atoms with Gasteiger partial charge < -0.3 is 15.2 Å². The average molecular weight is 269 g/mol. The van der Waals surface area contributed by atoms with Crippen molar-refractivity contribution in [3.63, 3.8) is 0 Å². The molecule has 1 aromatic carbocycles. The Balaban J connectivity index is 2.32. The van der Waals surface area contributed by atoms with E-state index in [1.165, 1.54) is 0 Å². The number of aryl methyl sites for hydroxylation is 1. The van der Waals surface area contributed by atoms with Crippen LogP contribution in [0.15, 0.2) is 24.3 Å². The van der Waals surface area contributed by atoms with Crippen molar-refractivity contribution in [1.29, 1.82) is 0 Å². The van der Waals surface area contributed by atoms with Gasteiger partial charge in [-0.15, -0.1) is 0 Å². The Kier molecular flexibility index (Phi) is 5.30. The second-order valence-corrected chi connectivity index (χ2v) is 4.96. The van der Waals surface area contributed by atoms with Crippen molar-refractivity contribution in [2.45, 2.75) is 32.5 Å². The quantitative estimate of drug-likeness (QED) is 0.824. The molecule has 0 saturated heterocycles. The van der Waals surface area contributed by atoms with Crippen LogP contribution < -0.4 is 10.1 Å². The van der Waals surface area contributed by atoms with Crippen LogP contribution in [0.4, 0.5) is 4.39 Å². The van der Waals surface area contributed by atoms with Crippen molar-refractivity contribution in [2.75, 3.05) is 13.2 Å². The van der Waals surface area contributed by atoms with Crippen molar-refractivity contribution in [3.05, 3.63) is 29.8 Å². The minimum Gasteiger partial charge on any atom is -0.491 e. The van der Waals surface area contributed by atoms with Gasteiger partial charge in [-0.3, -0.25) is 4.79 Å². The molecule has 0 aromatic heterocycles. The van der Waals surface area contributed by atoms with Crippen LogP contribution in [0.25, 0.3) is 0 Å². The van der Waals surface area contributed by atoms with E-state index in [4.69, 9.17) is 4.74 Å². The second kappa shape index (κ2) is 6.52. The molecule has 0 spiro atoms. The number of benzene rings is 1. The number of amides is 1. The first-order valence-corrected chi connectivity index (χ1v) is 6.14. The minimum absolute atomic E-state index is 0.0381. The number of aliphatic hydroxyl groups excluding tert-OH is 1. The number of carbonyl (C=O) groups is 1. The molecule has 1 aromatic rings. The lowest BCUT2D eigenvalue weighted by Gasteiger charge is -2.17. The number of halogens is 1. The van der Waals surface area contributed by atoms with Crippen molar-refractivity contribution in [1.82, 2.24) is 5.32 Å². The van der Waals surface area contributed by atoms with Crippen LogP contribution in [-0.4, -0.2) is 35.9 Å². The molecule has 1 rings (SSSR count). The summed E-state index contributed by atoms with van der Waals surface area (Å²) in [4.78, 5) is 11.2. The van der Waals surface area contributed by atoms with E-state index >= 15 is 0 Å². The van der Waals surface area contributed by atoms with Crippen molar-refractivity contribution in [2.24, 2.45) is 0 Å². The summed E-state index contributed by atoms with van der Waals surface area (Å²) in [5, 5.41) is 12.0. The predicted molar refractivity (Wildman–Crippen MR) is 70.9 cm³/mol. The lowest BCUT2D eigenvalue weighted by molar-refractivity contribution is -0.131. The molecular weight excluding hydrogens is 249 g/mol. The number of aliphatic hydroxyl groups is 1. The van der Waals surface area contributed by atoms with Gasteiger partial charge in [0.05, 0.1) is 0 Å². The highest BCUT2D eigenvalue weighted by Crippen LogP contribution is 2.12. The van der Waals surface area contributed by atoms with Crippen LogP contribution in [0, 0.1) is 6.92 Å². The van der Waals surface area contributed by atoms with E-state index in [0.717, 1.165) is 19.4 Å². The van der Waals surface area contributed by atoms with Gasteiger partial charge in [0.1, 0.15) is 18.5 Å². The Morgan fingerprint density at radius 3 is 2.79 bits per heavy atom. The van der Waals surface area contributed by atoms with E-state index < -0.39 is 17.7 Å². The third-order valence-electron chi connectivity index (χ3n) is 2.47. The highest BCUT2D eigenvalue weighted by atomic mass is 19.1. The van der Waals surface area contributed by atoms with E-state index in [1.807, 2.05) is 25.1 Å². The SMILES string of the molecule is Cc1cccc(OCC(O)CNC(=O)C(C)(C)F)c1. The monoisotopic (exact) mass is 269 g/mol. The van der Waals surface area contributed by atoms with Crippen LogP contribution in [0.1, 0.15) is 19.4 Å². The third-order valence-corrected chi connectivity index (χ3v) is 2.47. The summed E-state index contributed by atoms with van der Waals surface area (Å²) < 4.78 is 18.6. The zero-order chi connectivity index (χ0) is 14.5. The Morgan fingerprint density at radius 2 is 2.21 bits per heavy atom. The molecule has 0 heterocycles. The number of carbonyl (C=O) groups excluding carboxylic acids is 1. The van der Waals surface area contributed by atoms with Crippen LogP contribution >= 0.6 is 0 Å². The molecule has 1 amide bonds. The van der Waals surface area contributed by atoms with Gasteiger partial charge in [0.2, 0.25) is 0 Å². The molecule has 0 radical (unpaired) electrons. The molecular formula is C14H20FNO3. The number of ether oxygens (including phenoxy) is 1. The van der Waals surface area contributed by atoms with Crippen molar-refractivity contribution >= 4 is 5.91 Å². The van der Waals surface area contributed by atoms with E-state index in [-0.39, 0.29) is 13.2 Å². The van der Waals surface area contributed by atoms with Gasteiger partial charge in [-0.25, -0.2) is 4.39 Å². The standard InChI is InChI=1S/C14H20FNO3/c1-10-5-4-6-12(7-10)19-9-11(17)8-16-13(18)14(2,3)15/h4-7,11,17H,8-9H2,1-3H3,(H,16,18). The molecule has 2 N–H and O–H groups in total. The van der Waals surface area contributed by atoms with Gasteiger partial charge in [-0.1, -0.05) is 12.1 Å². The summed E-state index contributed by atoms with van der Waals surface area (Å²) in [6.45, 7) is 4.26. The fourth-order valence-corrected chi connectivity index (χ4v) is 1.38. The minimum atomic E-state index is -1.95. The largest absolute Gasteiger partial charge is 0.491 e. The first kappa shape index (κ1) is 15.4. The maximum absolute atomic E-state index is 13.2. The highest BCUT2D eigenvalue weighted by molar-refractivity contribution is 5.84. The lowest BCUT2D eigenvalue weighted by Crippen LogP contribution is -2.43. The zero-order valence-corrected chi connectivity index (χ0v) is 11.4. The summed E-state index contributed by atoms with van der Waals surface area (Å²) in [6, 6.07) is 7.41. The van der Waals surface area contributed by atoms with Gasteiger partial charge in [-0.2, -0.15) is 0 Å². The first-order valence-electron chi connectivity index (χ1n) is 6.14. The van der Waals surface area contributed by atoms with Gasteiger partial charge in [0, 0.05) is 6.54 Å². The third kappa shape index (κ3) is 5.70. The van der Waals surface area contributed by atoms with Crippen LogP contribution in [-0.2, 0) is 4.79 Å². The van der Waals surface area contributed by atoms with Gasteiger partial charge >= 0.3 is 0 Å². The van der Waals surface area contributed by atoms with Crippen molar-refractivity contribution in [3.8, 4) is 5.75 Å². The molecule has 1 atom stereocenters. The molecule has 0 aliphatic carbocycles. The highest BCUT2D eigenvalue weighted by Gasteiger charge is 2.26. The van der Waals surface area contributed by atoms with E-state index in [1.54, 1.807) is 6.07 Å². The molecule has 5 heteroatoms. The van der Waals surface area contributed by atoms with Crippen LogP contribution in [0.5, 0.6) is 5.75 Å². The summed E-state index contributed by atoms with van der Waals surface area (Å²) in [6.07, 6.45) is -0.883. The molecule has 19 heavy (non-hydrogen) atoms. The number of rotatable bonds is 6. The van der Waals surface area contributed by atoms with Crippen molar-refractivity contribution < 1.29 is 19.0 Å². The predicted octanol–water partition coefficient (Wildman–Crippen LogP) is 1.60. The molecule has 0 aliphatic heterocycles. The Bertz CT molecular complexity index is 429. The summed E-state index contributed by atoms with van der Waals surface area (Å²) in [7, 11) is 0. The van der Waals surface area contributed by atoms with Gasteiger partial charge in [0.15, 0.2) is 5.67 Å². The molecule has 106 valence electrons. The van der Waals surface area contributed by atoms with E-state index in [0.29, 0.717) is 5.75 Å². The van der Waals surface area contributed by atoms with Gasteiger partial charge in [-0.05, 0) is 38.5 Å². The Morgan fingerprint density at radius 1 is 1.53 bits per heavy atom. The molecule has 0 fully saturated rings. The second-order valence-electron chi connectivity index (χ2n) is 4.96. The molecule has 0 aliphatic rings. The molecule has 1 unspecified atom stereocenters. The number of hydrogen-bond acceptors (Lipinski definition) is 3. The number of hydrogen-bond donors (Lipinski definition) is 2. The maximum atomic E-state index is 13.2. The molecule has 0 bridgehead atoms. The smallest absolute Gasteiger partial charge is 0.257 e. The van der Waals surface area contributed by atoms with Gasteiger partial charge in [0.25, 0.3) is 5.91 Å². The normalized spacial score (nSPS) is 12.9. The summed E-state index contributed by atoms with van der Waals surface area (Å²) in [5.74, 6) is -0.0988. The summed E-state index contributed by atoms with van der Waals surface area (Å²) >= 11 is 0.